The molecule has 1 aromatic heterocycles. The third-order valence-corrected chi connectivity index (χ3v) is 5.72. The smallest absolute Gasteiger partial charge is 0.416 e. The Morgan fingerprint density at radius 2 is 1.85 bits per heavy atom. The van der Waals surface area contributed by atoms with Crippen LogP contribution >= 0.6 is 0 Å². The molecule has 1 fully saturated rings. The SMILES string of the molecule is N=C(NCCOc1nc(N/N=C/c2cccc(C(F)(F)F)c2)cc(N2CCOCC2)n1)NCc1ccc(F)c(F)c1. The zero-order chi connectivity index (χ0) is 29.2. The number of morpholine rings is 1. The van der Waals surface area contributed by atoms with Gasteiger partial charge in [0.05, 0.1) is 31.5 Å². The van der Waals surface area contributed by atoms with Crippen molar-refractivity contribution >= 4 is 23.8 Å². The van der Waals surface area contributed by atoms with E-state index in [1.54, 1.807) is 6.07 Å². The first-order chi connectivity index (χ1) is 19.7. The summed E-state index contributed by atoms with van der Waals surface area (Å²) in [6.07, 6.45) is -3.22. The summed E-state index contributed by atoms with van der Waals surface area (Å²) in [5.74, 6) is -1.16. The van der Waals surface area contributed by atoms with Gasteiger partial charge in [0.15, 0.2) is 23.4 Å². The summed E-state index contributed by atoms with van der Waals surface area (Å²) in [6.45, 7) is 2.60. The lowest BCUT2D eigenvalue weighted by Crippen LogP contribution is -2.38. The van der Waals surface area contributed by atoms with Gasteiger partial charge >= 0.3 is 12.2 Å². The molecule has 41 heavy (non-hydrogen) atoms. The Bertz CT molecular complexity index is 1370. The Labute approximate surface area is 232 Å². The number of anilines is 2. The van der Waals surface area contributed by atoms with Crippen LogP contribution in [-0.4, -0.2) is 61.6 Å². The van der Waals surface area contributed by atoms with Crippen molar-refractivity contribution in [2.75, 3.05) is 49.8 Å². The van der Waals surface area contributed by atoms with Gasteiger partial charge in [-0.2, -0.15) is 28.2 Å². The summed E-state index contributed by atoms with van der Waals surface area (Å²) < 4.78 is 76.4. The molecule has 0 spiro atoms. The molecule has 4 N–H and O–H groups in total. The van der Waals surface area contributed by atoms with Crippen molar-refractivity contribution in [2.24, 2.45) is 5.10 Å². The van der Waals surface area contributed by atoms with Gasteiger partial charge in [-0.3, -0.25) is 10.8 Å². The number of hydrogen-bond donors (Lipinski definition) is 4. The minimum atomic E-state index is -4.46. The summed E-state index contributed by atoms with van der Waals surface area (Å²) in [5, 5.41) is 17.5. The zero-order valence-corrected chi connectivity index (χ0v) is 21.6. The molecular formula is C26H27F5N8O2. The predicted octanol–water partition coefficient (Wildman–Crippen LogP) is 3.75. The molecule has 0 unspecified atom stereocenters. The van der Waals surface area contributed by atoms with Gasteiger partial charge in [-0.1, -0.05) is 18.2 Å². The number of alkyl halides is 3. The van der Waals surface area contributed by atoms with Crippen molar-refractivity contribution in [2.45, 2.75) is 12.7 Å². The normalized spacial score (nSPS) is 13.7. The molecule has 2 heterocycles. The Hall–Kier alpha value is -4.53. The maximum atomic E-state index is 13.3. The van der Waals surface area contributed by atoms with E-state index in [1.165, 1.54) is 24.4 Å². The van der Waals surface area contributed by atoms with Crippen molar-refractivity contribution in [3.8, 4) is 6.01 Å². The number of nitrogens with zero attached hydrogens (tertiary/aromatic N) is 4. The lowest BCUT2D eigenvalue weighted by molar-refractivity contribution is -0.137. The van der Waals surface area contributed by atoms with Crippen LogP contribution in [0.2, 0.25) is 0 Å². The third kappa shape index (κ3) is 8.99. The van der Waals surface area contributed by atoms with Crippen molar-refractivity contribution in [3.05, 3.63) is 76.9 Å². The summed E-state index contributed by atoms with van der Waals surface area (Å²) in [5.41, 5.74) is 2.64. The van der Waals surface area contributed by atoms with Crippen molar-refractivity contribution in [3.63, 3.8) is 0 Å². The van der Waals surface area contributed by atoms with Crippen molar-refractivity contribution < 1.29 is 31.4 Å². The summed E-state index contributed by atoms with van der Waals surface area (Å²) >= 11 is 0. The number of hydrazone groups is 1. The Kier molecular flexibility index (Phi) is 9.84. The lowest BCUT2D eigenvalue weighted by atomic mass is 10.1. The van der Waals surface area contributed by atoms with Crippen LogP contribution in [0.3, 0.4) is 0 Å². The molecule has 0 bridgehead atoms. The van der Waals surface area contributed by atoms with E-state index in [0.717, 1.165) is 24.3 Å². The fourth-order valence-corrected chi connectivity index (χ4v) is 3.68. The molecule has 0 amide bonds. The number of aromatic nitrogens is 2. The highest BCUT2D eigenvalue weighted by Crippen LogP contribution is 2.29. The predicted molar refractivity (Wildman–Crippen MR) is 142 cm³/mol. The van der Waals surface area contributed by atoms with Crippen LogP contribution in [-0.2, 0) is 17.5 Å². The number of nitrogens with one attached hydrogen (secondary N) is 4. The highest BCUT2D eigenvalue weighted by molar-refractivity contribution is 5.80. The summed E-state index contributed by atoms with van der Waals surface area (Å²) in [7, 11) is 0. The molecule has 1 aliphatic heterocycles. The van der Waals surface area contributed by atoms with E-state index in [9.17, 15) is 22.0 Å². The zero-order valence-electron chi connectivity index (χ0n) is 21.6. The van der Waals surface area contributed by atoms with Gasteiger partial charge < -0.3 is 25.0 Å². The first-order valence-corrected chi connectivity index (χ1v) is 12.5. The van der Waals surface area contributed by atoms with E-state index in [-0.39, 0.29) is 43.0 Å². The van der Waals surface area contributed by atoms with Gasteiger partial charge in [0.1, 0.15) is 12.4 Å². The first-order valence-electron chi connectivity index (χ1n) is 12.5. The number of guanidine groups is 1. The molecule has 3 aromatic rings. The van der Waals surface area contributed by atoms with Crippen molar-refractivity contribution in [1.29, 1.82) is 5.41 Å². The van der Waals surface area contributed by atoms with E-state index in [2.05, 4.69) is 31.1 Å². The molecule has 0 atom stereocenters. The Morgan fingerprint density at radius 1 is 1.05 bits per heavy atom. The molecular weight excluding hydrogens is 551 g/mol. The van der Waals surface area contributed by atoms with Gasteiger partial charge in [0.25, 0.3) is 0 Å². The highest BCUT2D eigenvalue weighted by atomic mass is 19.4. The van der Waals surface area contributed by atoms with Gasteiger partial charge in [-0.05, 0) is 35.4 Å². The van der Waals surface area contributed by atoms with Gasteiger partial charge in [0.2, 0.25) is 0 Å². The van der Waals surface area contributed by atoms with Crippen molar-refractivity contribution in [1.82, 2.24) is 20.6 Å². The topological polar surface area (TPSA) is 120 Å². The minimum absolute atomic E-state index is 0.0221. The van der Waals surface area contributed by atoms with Crippen LogP contribution in [0.4, 0.5) is 33.6 Å². The monoisotopic (exact) mass is 578 g/mol. The third-order valence-electron chi connectivity index (χ3n) is 5.72. The first kappa shape index (κ1) is 29.5. The van der Waals surface area contributed by atoms with Gasteiger partial charge in [-0.15, -0.1) is 0 Å². The quantitative estimate of drug-likeness (QED) is 0.0945. The van der Waals surface area contributed by atoms with Crippen LogP contribution in [0, 0.1) is 17.0 Å². The minimum Gasteiger partial charge on any atom is -0.461 e. The van der Waals surface area contributed by atoms with Crippen LogP contribution in [0.15, 0.2) is 53.6 Å². The van der Waals surface area contributed by atoms with E-state index in [4.69, 9.17) is 14.9 Å². The molecule has 1 saturated heterocycles. The maximum absolute atomic E-state index is 13.3. The molecule has 2 aromatic carbocycles. The Balaban J connectivity index is 1.34. The lowest BCUT2D eigenvalue weighted by Gasteiger charge is -2.28. The number of ether oxygens (including phenoxy) is 2. The number of benzene rings is 2. The summed E-state index contributed by atoms with van der Waals surface area (Å²) in [4.78, 5) is 10.7. The molecule has 0 aliphatic carbocycles. The number of hydrogen-bond acceptors (Lipinski definition) is 8. The van der Waals surface area contributed by atoms with E-state index >= 15 is 0 Å². The average molecular weight is 579 g/mol. The maximum Gasteiger partial charge on any atom is 0.416 e. The number of halogens is 5. The summed E-state index contributed by atoms with van der Waals surface area (Å²) in [6, 6.07) is 9.88. The fourth-order valence-electron chi connectivity index (χ4n) is 3.68. The van der Waals surface area contributed by atoms with Gasteiger partial charge in [-0.25, -0.2) is 8.78 Å². The van der Waals surface area contributed by atoms with E-state index in [0.29, 0.717) is 37.7 Å². The number of rotatable bonds is 10. The molecule has 10 nitrogen and oxygen atoms in total. The standard InChI is InChI=1S/C26H27F5N8O2/c27-20-5-4-18(13-21(20)28)15-34-24(32)33-6-9-41-25-36-22(14-23(37-25)39-7-10-40-11-8-39)38-35-16-17-2-1-3-19(12-17)26(29,30)31/h1-5,12-14,16H,6-11,15H2,(H3,32,33,34)(H,36,37,38)/b35-16+. The van der Waals surface area contributed by atoms with Crippen LogP contribution in [0.5, 0.6) is 6.01 Å². The fraction of sp³-hybridized carbons (Fsp3) is 0.308. The molecule has 4 rings (SSSR count). The molecule has 1 aliphatic rings. The largest absolute Gasteiger partial charge is 0.461 e. The van der Waals surface area contributed by atoms with Crippen LogP contribution in [0.25, 0.3) is 0 Å². The average Bonchev–Trinajstić information content (AvgIpc) is 2.96. The van der Waals surface area contributed by atoms with E-state index in [1.807, 2.05) is 4.90 Å². The highest BCUT2D eigenvalue weighted by Gasteiger charge is 2.30. The van der Waals surface area contributed by atoms with Gasteiger partial charge in [0, 0.05) is 25.7 Å². The molecule has 218 valence electrons. The van der Waals surface area contributed by atoms with Crippen LogP contribution in [0.1, 0.15) is 16.7 Å². The molecule has 0 radical (unpaired) electrons. The van der Waals surface area contributed by atoms with E-state index < -0.39 is 23.4 Å². The Morgan fingerprint density at radius 3 is 2.61 bits per heavy atom. The molecule has 15 heteroatoms. The second kappa shape index (κ2) is 13.7. The van der Waals surface area contributed by atoms with Crippen LogP contribution < -0.4 is 25.7 Å². The second-order valence-corrected chi connectivity index (χ2v) is 8.74. The second-order valence-electron chi connectivity index (χ2n) is 8.74. The molecule has 0 saturated carbocycles.